The highest BCUT2D eigenvalue weighted by molar-refractivity contribution is 4.56. The van der Waals surface area contributed by atoms with Crippen LogP contribution in [0, 0.1) is 5.92 Å². The lowest BCUT2D eigenvalue weighted by Gasteiger charge is -2.12. The highest BCUT2D eigenvalue weighted by Gasteiger charge is 2.03. The summed E-state index contributed by atoms with van der Waals surface area (Å²) in [7, 11) is 0. The van der Waals surface area contributed by atoms with Gasteiger partial charge in [-0.1, -0.05) is 52.4 Å². The van der Waals surface area contributed by atoms with Crippen LogP contribution in [0.4, 0.5) is 0 Å². The first-order valence-corrected chi connectivity index (χ1v) is 5.46. The van der Waals surface area contributed by atoms with Gasteiger partial charge in [0.25, 0.3) is 0 Å². The predicted octanol–water partition coefficient (Wildman–Crippen LogP) is 3.37. The van der Waals surface area contributed by atoms with E-state index in [-0.39, 0.29) is 0 Å². The number of aliphatic hydroxyl groups is 1. The van der Waals surface area contributed by atoms with Gasteiger partial charge in [-0.15, -0.1) is 0 Å². The standard InChI is InChI=1S/C11H24O/c1-3-8-11(4-2)9-6-5-7-10-12/h11-12H,3-10H2,1-2H3. The first kappa shape index (κ1) is 12.0. The molecule has 0 bridgehead atoms. The molecule has 0 fully saturated rings. The zero-order valence-corrected chi connectivity index (χ0v) is 8.68. The van der Waals surface area contributed by atoms with Crippen molar-refractivity contribution in [1.29, 1.82) is 0 Å². The van der Waals surface area contributed by atoms with Gasteiger partial charge in [0.15, 0.2) is 0 Å². The van der Waals surface area contributed by atoms with Crippen LogP contribution in [0.25, 0.3) is 0 Å². The van der Waals surface area contributed by atoms with Crippen LogP contribution in [0.2, 0.25) is 0 Å². The molecule has 12 heavy (non-hydrogen) atoms. The molecule has 0 amide bonds. The van der Waals surface area contributed by atoms with Crippen molar-refractivity contribution in [3.8, 4) is 0 Å². The Kier molecular flexibility index (Phi) is 9.02. The summed E-state index contributed by atoms with van der Waals surface area (Å²) in [4.78, 5) is 0. The van der Waals surface area contributed by atoms with E-state index in [9.17, 15) is 0 Å². The van der Waals surface area contributed by atoms with Crippen LogP contribution in [-0.4, -0.2) is 11.7 Å². The summed E-state index contributed by atoms with van der Waals surface area (Å²) >= 11 is 0. The van der Waals surface area contributed by atoms with E-state index in [0.29, 0.717) is 6.61 Å². The molecule has 0 aliphatic carbocycles. The van der Waals surface area contributed by atoms with Gasteiger partial charge in [0, 0.05) is 6.61 Å². The van der Waals surface area contributed by atoms with E-state index < -0.39 is 0 Å². The van der Waals surface area contributed by atoms with E-state index in [4.69, 9.17) is 5.11 Å². The third-order valence-corrected chi connectivity index (χ3v) is 2.54. The van der Waals surface area contributed by atoms with E-state index in [2.05, 4.69) is 13.8 Å². The van der Waals surface area contributed by atoms with Crippen molar-refractivity contribution in [2.24, 2.45) is 5.92 Å². The topological polar surface area (TPSA) is 20.2 Å². The number of hydrogen-bond acceptors (Lipinski definition) is 1. The molecular weight excluding hydrogens is 148 g/mol. The summed E-state index contributed by atoms with van der Waals surface area (Å²) in [6, 6.07) is 0. The molecule has 74 valence electrons. The minimum absolute atomic E-state index is 0.366. The molecule has 0 aliphatic heterocycles. The fraction of sp³-hybridized carbons (Fsp3) is 1.00. The molecule has 1 nitrogen and oxygen atoms in total. The van der Waals surface area contributed by atoms with E-state index in [0.717, 1.165) is 12.3 Å². The van der Waals surface area contributed by atoms with Gasteiger partial charge in [-0.3, -0.25) is 0 Å². The highest BCUT2D eigenvalue weighted by atomic mass is 16.2. The Bertz CT molecular complexity index is 81.1. The third kappa shape index (κ3) is 6.66. The fourth-order valence-corrected chi connectivity index (χ4v) is 1.68. The van der Waals surface area contributed by atoms with Crippen LogP contribution >= 0.6 is 0 Å². The number of aliphatic hydroxyl groups excluding tert-OH is 1. The van der Waals surface area contributed by atoms with Crippen LogP contribution in [0.3, 0.4) is 0 Å². The molecule has 0 aromatic carbocycles. The second kappa shape index (κ2) is 9.05. The fourth-order valence-electron chi connectivity index (χ4n) is 1.68. The Labute approximate surface area is 77.2 Å². The summed E-state index contributed by atoms with van der Waals surface area (Å²) in [5, 5.41) is 8.59. The van der Waals surface area contributed by atoms with Gasteiger partial charge in [-0.25, -0.2) is 0 Å². The lowest BCUT2D eigenvalue weighted by atomic mass is 9.94. The summed E-state index contributed by atoms with van der Waals surface area (Å²) in [6.07, 6.45) is 8.89. The van der Waals surface area contributed by atoms with Crippen molar-refractivity contribution >= 4 is 0 Å². The molecule has 0 aliphatic rings. The van der Waals surface area contributed by atoms with Crippen molar-refractivity contribution < 1.29 is 5.11 Å². The Morgan fingerprint density at radius 2 is 1.75 bits per heavy atom. The largest absolute Gasteiger partial charge is 0.396 e. The zero-order chi connectivity index (χ0) is 9.23. The van der Waals surface area contributed by atoms with Crippen LogP contribution < -0.4 is 0 Å². The molecule has 0 aromatic rings. The van der Waals surface area contributed by atoms with Crippen LogP contribution in [-0.2, 0) is 0 Å². The minimum Gasteiger partial charge on any atom is -0.396 e. The normalized spacial score (nSPS) is 13.2. The molecule has 0 spiro atoms. The summed E-state index contributed by atoms with van der Waals surface area (Å²) in [5.41, 5.74) is 0. The smallest absolute Gasteiger partial charge is 0.0431 e. The maximum absolute atomic E-state index is 8.59. The predicted molar refractivity (Wildman–Crippen MR) is 54.2 cm³/mol. The Morgan fingerprint density at radius 1 is 1.00 bits per heavy atom. The first-order chi connectivity index (χ1) is 5.85. The zero-order valence-electron chi connectivity index (χ0n) is 8.68. The second-order valence-corrected chi connectivity index (χ2v) is 3.64. The van der Waals surface area contributed by atoms with E-state index >= 15 is 0 Å². The van der Waals surface area contributed by atoms with Gasteiger partial charge in [-0.2, -0.15) is 0 Å². The van der Waals surface area contributed by atoms with Gasteiger partial charge in [0.05, 0.1) is 0 Å². The van der Waals surface area contributed by atoms with Crippen molar-refractivity contribution in [2.45, 2.75) is 58.8 Å². The third-order valence-electron chi connectivity index (χ3n) is 2.54. The lowest BCUT2D eigenvalue weighted by Crippen LogP contribution is -1.98. The van der Waals surface area contributed by atoms with Gasteiger partial charge < -0.3 is 5.11 Å². The quantitative estimate of drug-likeness (QED) is 0.557. The summed E-state index contributed by atoms with van der Waals surface area (Å²) < 4.78 is 0. The second-order valence-electron chi connectivity index (χ2n) is 3.64. The molecule has 0 saturated heterocycles. The van der Waals surface area contributed by atoms with Crippen molar-refractivity contribution in [2.75, 3.05) is 6.61 Å². The van der Waals surface area contributed by atoms with Crippen molar-refractivity contribution in [3.05, 3.63) is 0 Å². The van der Waals surface area contributed by atoms with Crippen LogP contribution in [0.1, 0.15) is 58.8 Å². The monoisotopic (exact) mass is 172 g/mol. The molecule has 0 aromatic heterocycles. The molecular formula is C11H24O. The molecule has 1 atom stereocenters. The van der Waals surface area contributed by atoms with E-state index in [1.807, 2.05) is 0 Å². The van der Waals surface area contributed by atoms with Crippen LogP contribution in [0.15, 0.2) is 0 Å². The number of hydrogen-bond donors (Lipinski definition) is 1. The molecule has 1 heteroatoms. The van der Waals surface area contributed by atoms with Gasteiger partial charge >= 0.3 is 0 Å². The molecule has 1 N–H and O–H groups in total. The van der Waals surface area contributed by atoms with Gasteiger partial charge in [-0.05, 0) is 12.3 Å². The molecule has 0 rings (SSSR count). The summed E-state index contributed by atoms with van der Waals surface area (Å²) in [6.45, 7) is 4.91. The summed E-state index contributed by atoms with van der Waals surface area (Å²) in [5.74, 6) is 0.939. The minimum atomic E-state index is 0.366. The maximum atomic E-state index is 8.59. The first-order valence-electron chi connectivity index (χ1n) is 5.46. The molecule has 0 heterocycles. The van der Waals surface area contributed by atoms with Crippen LogP contribution in [0.5, 0.6) is 0 Å². The SMILES string of the molecule is CCCC(CC)CCCCCO. The maximum Gasteiger partial charge on any atom is 0.0431 e. The molecule has 1 unspecified atom stereocenters. The highest BCUT2D eigenvalue weighted by Crippen LogP contribution is 2.18. The Morgan fingerprint density at radius 3 is 2.25 bits per heavy atom. The average molecular weight is 172 g/mol. The Hall–Kier alpha value is -0.0400. The lowest BCUT2D eigenvalue weighted by molar-refractivity contribution is 0.279. The number of unbranched alkanes of at least 4 members (excludes halogenated alkanes) is 2. The van der Waals surface area contributed by atoms with Gasteiger partial charge in [0.1, 0.15) is 0 Å². The van der Waals surface area contributed by atoms with Gasteiger partial charge in [0.2, 0.25) is 0 Å². The number of rotatable bonds is 8. The Balaban J connectivity index is 3.19. The molecule has 0 radical (unpaired) electrons. The molecule has 0 saturated carbocycles. The van der Waals surface area contributed by atoms with E-state index in [1.165, 1.54) is 38.5 Å². The average Bonchev–Trinajstić information content (AvgIpc) is 2.10. The van der Waals surface area contributed by atoms with Crippen molar-refractivity contribution in [3.63, 3.8) is 0 Å². The van der Waals surface area contributed by atoms with Crippen molar-refractivity contribution in [1.82, 2.24) is 0 Å². The van der Waals surface area contributed by atoms with E-state index in [1.54, 1.807) is 0 Å².